The van der Waals surface area contributed by atoms with Gasteiger partial charge < -0.3 is 14.4 Å². The lowest BCUT2D eigenvalue weighted by atomic mass is 9.98. The molecule has 0 unspecified atom stereocenters. The molecule has 0 N–H and O–H groups in total. The van der Waals surface area contributed by atoms with E-state index in [9.17, 15) is 4.79 Å². The lowest BCUT2D eigenvalue weighted by Gasteiger charge is -2.24. The highest BCUT2D eigenvalue weighted by atomic mass is 16.5. The molecule has 0 aliphatic carbocycles. The number of hydrogen-bond acceptors (Lipinski definition) is 3. The molecule has 120 valence electrons. The van der Waals surface area contributed by atoms with Crippen LogP contribution < -0.4 is 9.47 Å². The quantitative estimate of drug-likeness (QED) is 0.839. The number of hydrogen-bond donors (Lipinski definition) is 0. The molecule has 3 rings (SSSR count). The minimum Gasteiger partial charge on any atom is -0.493 e. The second-order valence-corrected chi connectivity index (χ2v) is 6.22. The summed E-state index contributed by atoms with van der Waals surface area (Å²) in [6.45, 7) is 6.23. The van der Waals surface area contributed by atoms with Gasteiger partial charge in [0.05, 0.1) is 13.2 Å². The van der Waals surface area contributed by atoms with Crippen LogP contribution in [-0.4, -0.2) is 31.1 Å². The van der Waals surface area contributed by atoms with E-state index < -0.39 is 0 Å². The molecule has 2 aliphatic rings. The Morgan fingerprint density at radius 2 is 1.95 bits per heavy atom. The largest absolute Gasteiger partial charge is 0.493 e. The Morgan fingerprint density at radius 1 is 1.23 bits per heavy atom. The number of ether oxygens (including phenoxy) is 2. The summed E-state index contributed by atoms with van der Waals surface area (Å²) in [5.74, 6) is 2.33. The van der Waals surface area contributed by atoms with Gasteiger partial charge >= 0.3 is 0 Å². The maximum Gasteiger partial charge on any atom is 0.225 e. The number of amides is 1. The van der Waals surface area contributed by atoms with Crippen molar-refractivity contribution in [3.8, 4) is 11.5 Å². The zero-order valence-corrected chi connectivity index (χ0v) is 13.8. The van der Waals surface area contributed by atoms with Gasteiger partial charge in [0.1, 0.15) is 11.5 Å². The predicted molar refractivity (Wildman–Crippen MR) is 85.4 cm³/mol. The van der Waals surface area contributed by atoms with E-state index in [0.717, 1.165) is 56.0 Å². The van der Waals surface area contributed by atoms with E-state index in [1.807, 2.05) is 11.9 Å². The van der Waals surface area contributed by atoms with Crippen LogP contribution in [0.25, 0.3) is 0 Å². The second kappa shape index (κ2) is 6.19. The molecule has 0 fully saturated rings. The predicted octanol–water partition coefficient (Wildman–Crippen LogP) is 2.95. The maximum absolute atomic E-state index is 12.6. The van der Waals surface area contributed by atoms with E-state index >= 15 is 0 Å². The molecule has 0 saturated carbocycles. The van der Waals surface area contributed by atoms with Crippen LogP contribution in [0.1, 0.15) is 43.4 Å². The first-order chi connectivity index (χ1) is 10.7. The van der Waals surface area contributed by atoms with Gasteiger partial charge in [0, 0.05) is 49.0 Å². The van der Waals surface area contributed by atoms with Gasteiger partial charge in [-0.25, -0.2) is 0 Å². The van der Waals surface area contributed by atoms with E-state index in [2.05, 4.69) is 19.9 Å². The molecule has 0 bridgehead atoms. The summed E-state index contributed by atoms with van der Waals surface area (Å²) in [4.78, 5) is 14.4. The summed E-state index contributed by atoms with van der Waals surface area (Å²) in [7, 11) is 1.90. The molecule has 0 saturated heterocycles. The number of carbonyl (C=O) groups is 1. The van der Waals surface area contributed by atoms with Gasteiger partial charge in [-0.1, -0.05) is 13.8 Å². The number of nitrogens with zero attached hydrogens (tertiary/aromatic N) is 1. The van der Waals surface area contributed by atoms with Gasteiger partial charge in [0.25, 0.3) is 0 Å². The fourth-order valence-corrected chi connectivity index (χ4v) is 3.52. The number of carbonyl (C=O) groups excluding carboxylic acids is 1. The van der Waals surface area contributed by atoms with E-state index in [1.165, 1.54) is 11.1 Å². The molecule has 1 amide bonds. The minimum atomic E-state index is 0.118. The zero-order chi connectivity index (χ0) is 15.7. The van der Waals surface area contributed by atoms with Crippen LogP contribution in [0, 0.1) is 5.92 Å². The molecule has 4 nitrogen and oxygen atoms in total. The number of fused-ring (bicyclic) bond motifs is 2. The van der Waals surface area contributed by atoms with Crippen molar-refractivity contribution in [1.29, 1.82) is 0 Å². The van der Waals surface area contributed by atoms with Crippen molar-refractivity contribution in [2.75, 3.05) is 20.3 Å². The monoisotopic (exact) mass is 303 g/mol. The third kappa shape index (κ3) is 2.55. The summed E-state index contributed by atoms with van der Waals surface area (Å²) in [5.41, 5.74) is 3.60. The summed E-state index contributed by atoms with van der Waals surface area (Å²) >= 11 is 0. The third-order valence-corrected chi connectivity index (χ3v) is 4.87. The summed E-state index contributed by atoms with van der Waals surface area (Å²) < 4.78 is 11.6. The molecular weight excluding hydrogens is 278 g/mol. The van der Waals surface area contributed by atoms with Crippen LogP contribution in [0.3, 0.4) is 0 Å². The summed E-state index contributed by atoms with van der Waals surface area (Å²) in [6, 6.07) is 2.12. The topological polar surface area (TPSA) is 38.8 Å². The SMILES string of the molecule is CCC(CC)C(=O)N(C)Cc1c2c(cc3c1OCC3)OCC2. The first kappa shape index (κ1) is 15.2. The Balaban J connectivity index is 1.88. The van der Waals surface area contributed by atoms with E-state index in [0.29, 0.717) is 6.54 Å². The van der Waals surface area contributed by atoms with Crippen LogP contribution in [0.15, 0.2) is 6.07 Å². The van der Waals surface area contributed by atoms with Crippen molar-refractivity contribution in [3.63, 3.8) is 0 Å². The molecule has 1 aromatic rings. The smallest absolute Gasteiger partial charge is 0.225 e. The fourth-order valence-electron chi connectivity index (χ4n) is 3.52. The molecular formula is C18H25NO3. The number of benzene rings is 1. The highest BCUT2D eigenvalue weighted by Gasteiger charge is 2.28. The molecule has 2 heterocycles. The third-order valence-electron chi connectivity index (χ3n) is 4.87. The molecule has 2 aliphatic heterocycles. The lowest BCUT2D eigenvalue weighted by Crippen LogP contribution is -2.32. The molecule has 0 aromatic heterocycles. The normalized spacial score (nSPS) is 15.3. The highest BCUT2D eigenvalue weighted by molar-refractivity contribution is 5.78. The van der Waals surface area contributed by atoms with Crippen molar-refractivity contribution in [2.24, 2.45) is 5.92 Å². The Labute approximate surface area is 132 Å². The van der Waals surface area contributed by atoms with Crippen LogP contribution in [0.2, 0.25) is 0 Å². The molecule has 0 radical (unpaired) electrons. The van der Waals surface area contributed by atoms with Crippen molar-refractivity contribution in [3.05, 3.63) is 22.8 Å². The Hall–Kier alpha value is -1.71. The second-order valence-electron chi connectivity index (χ2n) is 6.22. The van der Waals surface area contributed by atoms with Crippen molar-refractivity contribution < 1.29 is 14.3 Å². The molecule has 0 atom stereocenters. The Kier molecular flexibility index (Phi) is 4.27. The molecule has 4 heteroatoms. The van der Waals surface area contributed by atoms with Crippen LogP contribution in [0.4, 0.5) is 0 Å². The first-order valence-corrected chi connectivity index (χ1v) is 8.33. The van der Waals surface area contributed by atoms with Gasteiger partial charge in [-0.15, -0.1) is 0 Å². The number of rotatable bonds is 5. The van der Waals surface area contributed by atoms with Crippen LogP contribution >= 0.6 is 0 Å². The minimum absolute atomic E-state index is 0.118. The van der Waals surface area contributed by atoms with Crippen molar-refractivity contribution in [2.45, 2.75) is 46.1 Å². The Bertz CT molecular complexity index is 546. The molecule has 1 aromatic carbocycles. The summed E-state index contributed by atoms with van der Waals surface area (Å²) in [6.07, 6.45) is 3.63. The zero-order valence-electron chi connectivity index (χ0n) is 13.8. The average molecular weight is 303 g/mol. The van der Waals surface area contributed by atoms with E-state index in [1.54, 1.807) is 0 Å². The fraction of sp³-hybridized carbons (Fsp3) is 0.611. The maximum atomic E-state index is 12.6. The Morgan fingerprint density at radius 3 is 2.68 bits per heavy atom. The molecule has 22 heavy (non-hydrogen) atoms. The van der Waals surface area contributed by atoms with Gasteiger partial charge in [-0.2, -0.15) is 0 Å². The van der Waals surface area contributed by atoms with E-state index in [-0.39, 0.29) is 11.8 Å². The lowest BCUT2D eigenvalue weighted by molar-refractivity contribution is -0.134. The molecule has 0 spiro atoms. The van der Waals surface area contributed by atoms with E-state index in [4.69, 9.17) is 9.47 Å². The standard InChI is InChI=1S/C18H25NO3/c1-4-12(5-2)18(20)19(3)11-15-14-7-9-21-16(14)10-13-6-8-22-17(13)15/h10,12H,4-9,11H2,1-3H3. The van der Waals surface area contributed by atoms with Gasteiger partial charge in [0.15, 0.2) is 0 Å². The van der Waals surface area contributed by atoms with Crippen molar-refractivity contribution >= 4 is 5.91 Å². The average Bonchev–Trinajstić information content (AvgIpc) is 3.16. The van der Waals surface area contributed by atoms with Crippen LogP contribution in [0.5, 0.6) is 11.5 Å². The highest BCUT2D eigenvalue weighted by Crippen LogP contribution is 2.41. The van der Waals surface area contributed by atoms with Gasteiger partial charge in [-0.3, -0.25) is 4.79 Å². The summed E-state index contributed by atoms with van der Waals surface area (Å²) in [5, 5.41) is 0. The van der Waals surface area contributed by atoms with Gasteiger partial charge in [-0.05, 0) is 18.9 Å². The van der Waals surface area contributed by atoms with Crippen LogP contribution in [-0.2, 0) is 24.2 Å². The first-order valence-electron chi connectivity index (χ1n) is 8.33. The van der Waals surface area contributed by atoms with Gasteiger partial charge in [0.2, 0.25) is 5.91 Å². The van der Waals surface area contributed by atoms with Crippen molar-refractivity contribution in [1.82, 2.24) is 4.90 Å².